The molecule has 36 heavy (non-hydrogen) atoms. The fourth-order valence-electron chi connectivity index (χ4n) is 3.91. The monoisotopic (exact) mass is 509 g/mol. The Morgan fingerprint density at radius 1 is 1.03 bits per heavy atom. The van der Waals surface area contributed by atoms with Crippen LogP contribution in [0.25, 0.3) is 16.0 Å². The Labute approximate surface area is 204 Å². The van der Waals surface area contributed by atoms with Crippen molar-refractivity contribution in [1.82, 2.24) is 4.98 Å². The molecular weight excluding hydrogens is 496 g/mol. The Kier molecular flexibility index (Phi) is 5.44. The molecule has 1 amide bonds. The van der Waals surface area contributed by atoms with Crippen molar-refractivity contribution in [3.05, 3.63) is 99.1 Å². The lowest BCUT2D eigenvalue weighted by atomic mass is 9.95. The number of hydrogen-bond acceptors (Lipinski definition) is 8. The molecule has 1 fully saturated rings. The maximum absolute atomic E-state index is 13.8. The number of anilines is 1. The number of nitrogens with zero attached hydrogens (tertiary/aromatic N) is 3. The van der Waals surface area contributed by atoms with Crippen molar-refractivity contribution in [2.45, 2.75) is 6.04 Å². The van der Waals surface area contributed by atoms with Crippen molar-refractivity contribution in [3.8, 4) is 5.75 Å². The van der Waals surface area contributed by atoms with E-state index in [0.717, 1.165) is 40.5 Å². The summed E-state index contributed by atoms with van der Waals surface area (Å²) in [5.74, 6) is -5.00. The number of benzene rings is 3. The zero-order valence-electron chi connectivity index (χ0n) is 17.9. The van der Waals surface area contributed by atoms with Crippen molar-refractivity contribution < 1.29 is 33.5 Å². The molecule has 1 atom stereocenters. The van der Waals surface area contributed by atoms with Gasteiger partial charge in [-0.05, 0) is 35.9 Å². The quantitative estimate of drug-likeness (QED) is 0.133. The minimum Gasteiger partial charge on any atom is -0.508 e. The van der Waals surface area contributed by atoms with E-state index in [4.69, 9.17) is 0 Å². The first kappa shape index (κ1) is 23.1. The van der Waals surface area contributed by atoms with Crippen LogP contribution < -0.4 is 4.90 Å². The number of fused-ring (bicyclic) bond motifs is 1. The van der Waals surface area contributed by atoms with Crippen LogP contribution in [0.1, 0.15) is 17.2 Å². The van der Waals surface area contributed by atoms with Gasteiger partial charge in [0.2, 0.25) is 0 Å². The third kappa shape index (κ3) is 3.73. The maximum Gasteiger partial charge on any atom is 0.301 e. The average molecular weight is 509 g/mol. The molecule has 1 saturated heterocycles. The van der Waals surface area contributed by atoms with Gasteiger partial charge in [-0.25, -0.2) is 13.8 Å². The summed E-state index contributed by atoms with van der Waals surface area (Å²) in [7, 11) is 0. The third-order valence-corrected chi connectivity index (χ3v) is 6.65. The number of halogens is 2. The molecule has 0 aliphatic carbocycles. The normalized spacial score (nSPS) is 17.2. The smallest absolute Gasteiger partial charge is 0.301 e. The predicted octanol–water partition coefficient (Wildman–Crippen LogP) is 4.81. The zero-order chi connectivity index (χ0) is 25.7. The number of thiazole rings is 1. The van der Waals surface area contributed by atoms with Gasteiger partial charge in [-0.2, -0.15) is 0 Å². The van der Waals surface area contributed by atoms with E-state index in [2.05, 4.69) is 4.98 Å². The maximum atomic E-state index is 13.8. The molecule has 0 bridgehead atoms. The topological polar surface area (TPSA) is 134 Å². The van der Waals surface area contributed by atoms with E-state index >= 15 is 0 Å². The van der Waals surface area contributed by atoms with E-state index in [0.29, 0.717) is 5.56 Å². The number of nitro benzene ring substituents is 1. The molecule has 1 unspecified atom stereocenters. The Hall–Kier alpha value is -4.71. The van der Waals surface area contributed by atoms with Gasteiger partial charge in [0.15, 0.2) is 16.8 Å². The number of ketones is 1. The Morgan fingerprint density at radius 2 is 1.67 bits per heavy atom. The van der Waals surface area contributed by atoms with Crippen LogP contribution in [0.4, 0.5) is 19.6 Å². The van der Waals surface area contributed by atoms with Crippen molar-refractivity contribution in [2.75, 3.05) is 4.90 Å². The number of phenols is 1. The van der Waals surface area contributed by atoms with Crippen molar-refractivity contribution >= 4 is 49.8 Å². The molecule has 2 N–H and O–H groups in total. The number of aliphatic hydroxyl groups is 1. The summed E-state index contributed by atoms with van der Waals surface area (Å²) in [6, 6.07) is 10.8. The summed E-state index contributed by atoms with van der Waals surface area (Å²) in [4.78, 5) is 41.9. The fraction of sp³-hybridized carbons (Fsp3) is 0.0417. The molecule has 0 spiro atoms. The van der Waals surface area contributed by atoms with Gasteiger partial charge in [0.25, 0.3) is 11.5 Å². The lowest BCUT2D eigenvalue weighted by molar-refractivity contribution is -0.384. The number of carbonyl (C=O) groups excluding carboxylic acids is 2. The molecule has 4 aromatic rings. The summed E-state index contributed by atoms with van der Waals surface area (Å²) in [5, 5.41) is 31.7. The number of aromatic hydroxyl groups is 1. The first-order chi connectivity index (χ1) is 17.2. The molecule has 5 rings (SSSR count). The van der Waals surface area contributed by atoms with E-state index in [9.17, 15) is 38.7 Å². The molecule has 1 aliphatic heterocycles. The molecule has 3 aromatic carbocycles. The summed E-state index contributed by atoms with van der Waals surface area (Å²) in [6.45, 7) is 0. The van der Waals surface area contributed by atoms with Crippen LogP contribution in [-0.2, 0) is 9.59 Å². The third-order valence-electron chi connectivity index (χ3n) is 5.63. The van der Waals surface area contributed by atoms with E-state index in [1.54, 1.807) is 0 Å². The van der Waals surface area contributed by atoms with Crippen LogP contribution in [0.3, 0.4) is 0 Å². The number of nitro groups is 1. The number of amides is 1. The molecule has 0 radical (unpaired) electrons. The highest BCUT2D eigenvalue weighted by molar-refractivity contribution is 7.22. The van der Waals surface area contributed by atoms with Gasteiger partial charge in [0.1, 0.15) is 11.5 Å². The van der Waals surface area contributed by atoms with Gasteiger partial charge < -0.3 is 10.2 Å². The van der Waals surface area contributed by atoms with Gasteiger partial charge in [0.05, 0.1) is 26.8 Å². The lowest BCUT2D eigenvalue weighted by Gasteiger charge is -2.23. The number of hydrogen-bond donors (Lipinski definition) is 2. The van der Waals surface area contributed by atoms with Crippen molar-refractivity contribution in [3.63, 3.8) is 0 Å². The molecule has 180 valence electrons. The molecule has 1 aliphatic rings. The SMILES string of the molecule is O=C1C(=O)N(c2nc3cc(F)c(F)cc3s2)C(c2ccc(O)cc2)/C1=C(\O)c1ccc([N+](=O)[O-])cc1. The van der Waals surface area contributed by atoms with E-state index in [-0.39, 0.29) is 37.9 Å². The van der Waals surface area contributed by atoms with E-state index in [1.165, 1.54) is 36.4 Å². The van der Waals surface area contributed by atoms with Crippen molar-refractivity contribution in [2.24, 2.45) is 0 Å². The van der Waals surface area contributed by atoms with Crippen molar-refractivity contribution in [1.29, 1.82) is 0 Å². The van der Waals surface area contributed by atoms with E-state index in [1.807, 2.05) is 0 Å². The predicted molar refractivity (Wildman–Crippen MR) is 126 cm³/mol. The highest BCUT2D eigenvalue weighted by atomic mass is 32.1. The van der Waals surface area contributed by atoms with Crippen LogP contribution in [-0.4, -0.2) is 31.8 Å². The number of aliphatic hydroxyl groups excluding tert-OH is 1. The first-order valence-corrected chi connectivity index (χ1v) is 11.1. The minimum absolute atomic E-state index is 0.0436. The number of non-ortho nitro benzene ring substituents is 1. The largest absolute Gasteiger partial charge is 0.508 e. The molecule has 2 heterocycles. The van der Waals surface area contributed by atoms with Gasteiger partial charge in [-0.1, -0.05) is 23.5 Å². The minimum atomic E-state index is -1.21. The van der Waals surface area contributed by atoms with Crippen LogP contribution in [0.5, 0.6) is 5.75 Å². The Morgan fingerprint density at radius 3 is 2.31 bits per heavy atom. The van der Waals surface area contributed by atoms with E-state index < -0.39 is 40.0 Å². The Balaban J connectivity index is 1.70. The number of aromatic nitrogens is 1. The first-order valence-electron chi connectivity index (χ1n) is 10.3. The van der Waals surface area contributed by atoms with Gasteiger partial charge in [0, 0.05) is 23.8 Å². The fourth-order valence-corrected chi connectivity index (χ4v) is 4.91. The lowest BCUT2D eigenvalue weighted by Crippen LogP contribution is -2.29. The summed E-state index contributed by atoms with van der Waals surface area (Å²) < 4.78 is 27.7. The van der Waals surface area contributed by atoms with Crippen LogP contribution in [0.2, 0.25) is 0 Å². The second kappa shape index (κ2) is 8.50. The Bertz CT molecular complexity index is 1560. The van der Waals surface area contributed by atoms with Gasteiger partial charge in [-0.15, -0.1) is 0 Å². The average Bonchev–Trinajstić information content (AvgIpc) is 3.37. The molecule has 1 aromatic heterocycles. The van der Waals surface area contributed by atoms with Gasteiger partial charge in [-0.3, -0.25) is 24.6 Å². The number of phenolic OH excluding ortho intramolecular Hbond substituents is 1. The molecular formula is C24H13F2N3O6S. The highest BCUT2D eigenvalue weighted by Crippen LogP contribution is 2.44. The second-order valence-electron chi connectivity index (χ2n) is 7.80. The summed E-state index contributed by atoms with van der Waals surface area (Å²) in [5.41, 5.74) is -0.120. The summed E-state index contributed by atoms with van der Waals surface area (Å²) >= 11 is 0.846. The summed E-state index contributed by atoms with van der Waals surface area (Å²) in [6.07, 6.45) is 0. The molecule has 0 saturated carbocycles. The van der Waals surface area contributed by atoms with Gasteiger partial charge >= 0.3 is 5.91 Å². The number of rotatable bonds is 4. The molecule has 12 heteroatoms. The standard InChI is InChI=1S/C24H13F2N3O6S/c25-15-9-17-18(10-16(15)26)36-24(27-17)28-20(11-3-7-14(30)8-4-11)19(22(32)23(28)33)21(31)12-1-5-13(6-2-12)29(34)35/h1-10,20,30-31H/b21-19+. The highest BCUT2D eigenvalue weighted by Gasteiger charge is 2.48. The zero-order valence-corrected chi connectivity index (χ0v) is 18.7. The van der Waals surface area contributed by atoms with Crippen LogP contribution >= 0.6 is 11.3 Å². The van der Waals surface area contributed by atoms with Crippen LogP contribution in [0.15, 0.2) is 66.2 Å². The second-order valence-corrected chi connectivity index (χ2v) is 8.80. The van der Waals surface area contributed by atoms with Crippen LogP contribution in [0, 0.1) is 21.7 Å². The number of Topliss-reactive ketones (excluding diaryl/α,β-unsaturated/α-hetero) is 1. The molecule has 9 nitrogen and oxygen atoms in total. The number of carbonyl (C=O) groups is 2.